The molecule has 4 heteroatoms. The van der Waals surface area contributed by atoms with Crippen LogP contribution in [-0.4, -0.2) is 11.9 Å². The largest absolute Gasteiger partial charge is 0.346 e. The van der Waals surface area contributed by atoms with Crippen molar-refractivity contribution in [3.05, 3.63) is 11.4 Å². The quantitative estimate of drug-likeness (QED) is 0.723. The lowest BCUT2D eigenvalue weighted by Crippen LogP contribution is -2.35. The normalized spacial score (nSPS) is 16.2. The maximum Gasteiger partial charge on any atom is 0.280 e. The molecule has 1 fully saturated rings. The minimum atomic E-state index is -0.660. The van der Waals surface area contributed by atoms with Gasteiger partial charge in [-0.25, -0.2) is 4.39 Å². The number of nitrogens with one attached hydrogen (secondary N) is 1. The summed E-state index contributed by atoms with van der Waals surface area (Å²) in [5, 5.41) is 11.0. The fraction of sp³-hybridized carbons (Fsp3) is 0.636. The van der Waals surface area contributed by atoms with Crippen LogP contribution in [0.1, 0.15) is 39.0 Å². The van der Waals surface area contributed by atoms with E-state index in [0.29, 0.717) is 24.8 Å². The standard InChI is InChI=1S/C11H15FN2O/c1-2-9(6-7-13)14-11(15)10(12)8-4-3-5-8/h9H,2-6H2,1H3,(H,14,15)/t9-/m0/s1. The number of halogens is 1. The van der Waals surface area contributed by atoms with E-state index in [0.717, 1.165) is 6.42 Å². The summed E-state index contributed by atoms with van der Waals surface area (Å²) in [4.78, 5) is 11.4. The Kier molecular flexibility index (Phi) is 4.29. The van der Waals surface area contributed by atoms with Crippen LogP contribution in [-0.2, 0) is 4.79 Å². The van der Waals surface area contributed by atoms with Crippen LogP contribution in [0.4, 0.5) is 4.39 Å². The number of hydrogen-bond acceptors (Lipinski definition) is 2. The maximum absolute atomic E-state index is 13.4. The summed E-state index contributed by atoms with van der Waals surface area (Å²) in [5.41, 5.74) is 0.610. The predicted molar refractivity (Wildman–Crippen MR) is 54.4 cm³/mol. The molecule has 0 aromatic heterocycles. The third kappa shape index (κ3) is 3.05. The van der Waals surface area contributed by atoms with Crippen molar-refractivity contribution in [2.75, 3.05) is 0 Å². The number of carbonyl (C=O) groups is 1. The molecule has 0 unspecified atom stereocenters. The van der Waals surface area contributed by atoms with E-state index in [9.17, 15) is 9.18 Å². The van der Waals surface area contributed by atoms with Gasteiger partial charge in [0.05, 0.1) is 12.5 Å². The van der Waals surface area contributed by atoms with Gasteiger partial charge in [-0.05, 0) is 31.3 Å². The fourth-order valence-corrected chi connectivity index (χ4v) is 1.39. The molecule has 0 aromatic carbocycles. The van der Waals surface area contributed by atoms with Crippen LogP contribution in [0.25, 0.3) is 0 Å². The zero-order chi connectivity index (χ0) is 11.3. The molecule has 82 valence electrons. The molecule has 0 spiro atoms. The lowest BCUT2D eigenvalue weighted by atomic mass is 9.91. The maximum atomic E-state index is 13.4. The van der Waals surface area contributed by atoms with Gasteiger partial charge in [0.15, 0.2) is 5.83 Å². The highest BCUT2D eigenvalue weighted by Crippen LogP contribution is 2.29. The van der Waals surface area contributed by atoms with Crippen molar-refractivity contribution in [1.82, 2.24) is 5.32 Å². The van der Waals surface area contributed by atoms with Crippen molar-refractivity contribution in [1.29, 1.82) is 5.26 Å². The Hall–Kier alpha value is -1.37. The van der Waals surface area contributed by atoms with Gasteiger partial charge in [0.25, 0.3) is 5.91 Å². The Bertz CT molecular complexity index is 311. The number of allylic oxidation sites excluding steroid dienone is 1. The summed E-state index contributed by atoms with van der Waals surface area (Å²) >= 11 is 0. The van der Waals surface area contributed by atoms with Crippen LogP contribution in [0.3, 0.4) is 0 Å². The second-order valence-electron chi connectivity index (χ2n) is 3.71. The molecule has 1 aliphatic carbocycles. The number of carbonyl (C=O) groups excluding carboxylic acids is 1. The van der Waals surface area contributed by atoms with E-state index in [4.69, 9.17) is 5.26 Å². The molecule has 1 aliphatic rings. The smallest absolute Gasteiger partial charge is 0.280 e. The van der Waals surface area contributed by atoms with Crippen molar-refractivity contribution < 1.29 is 9.18 Å². The van der Waals surface area contributed by atoms with Crippen molar-refractivity contribution in [3.8, 4) is 6.07 Å². The van der Waals surface area contributed by atoms with Gasteiger partial charge in [-0.1, -0.05) is 6.92 Å². The number of rotatable bonds is 4. The highest BCUT2D eigenvalue weighted by Gasteiger charge is 2.21. The number of hydrogen-bond donors (Lipinski definition) is 1. The van der Waals surface area contributed by atoms with Gasteiger partial charge in [0.1, 0.15) is 0 Å². The summed E-state index contributed by atoms with van der Waals surface area (Å²) in [7, 11) is 0. The molecule has 0 saturated heterocycles. The van der Waals surface area contributed by atoms with Gasteiger partial charge < -0.3 is 5.32 Å². The van der Waals surface area contributed by atoms with Crippen LogP contribution >= 0.6 is 0 Å². The number of amides is 1. The molecular weight excluding hydrogens is 195 g/mol. The number of nitrogens with zero attached hydrogens (tertiary/aromatic N) is 1. The third-order valence-electron chi connectivity index (χ3n) is 2.63. The zero-order valence-corrected chi connectivity index (χ0v) is 8.85. The van der Waals surface area contributed by atoms with E-state index in [1.165, 1.54) is 0 Å². The average molecular weight is 210 g/mol. The molecule has 1 saturated carbocycles. The van der Waals surface area contributed by atoms with Gasteiger partial charge in [-0.3, -0.25) is 4.79 Å². The molecule has 1 rings (SSSR count). The molecule has 1 amide bonds. The monoisotopic (exact) mass is 210 g/mol. The second kappa shape index (κ2) is 5.50. The Morgan fingerprint density at radius 1 is 1.67 bits per heavy atom. The first-order valence-electron chi connectivity index (χ1n) is 5.24. The lowest BCUT2D eigenvalue weighted by molar-refractivity contribution is -0.119. The van der Waals surface area contributed by atoms with Crippen molar-refractivity contribution in [2.45, 2.75) is 45.1 Å². The first-order valence-corrected chi connectivity index (χ1v) is 5.24. The molecule has 0 radical (unpaired) electrons. The van der Waals surface area contributed by atoms with Crippen molar-refractivity contribution in [2.24, 2.45) is 0 Å². The van der Waals surface area contributed by atoms with E-state index in [1.807, 2.05) is 13.0 Å². The van der Waals surface area contributed by atoms with Gasteiger partial charge in [0.2, 0.25) is 0 Å². The molecule has 0 heterocycles. The second-order valence-corrected chi connectivity index (χ2v) is 3.71. The molecule has 15 heavy (non-hydrogen) atoms. The van der Waals surface area contributed by atoms with Crippen molar-refractivity contribution in [3.63, 3.8) is 0 Å². The lowest BCUT2D eigenvalue weighted by Gasteiger charge is -2.18. The first kappa shape index (κ1) is 11.7. The van der Waals surface area contributed by atoms with Gasteiger partial charge in [-0.2, -0.15) is 5.26 Å². The van der Waals surface area contributed by atoms with Crippen LogP contribution < -0.4 is 5.32 Å². The SMILES string of the molecule is CC[C@@H](CC#N)NC(=O)C(F)=C1CCC1. The fourth-order valence-electron chi connectivity index (χ4n) is 1.39. The molecular formula is C11H15FN2O. The Labute approximate surface area is 89.0 Å². The highest BCUT2D eigenvalue weighted by atomic mass is 19.1. The van der Waals surface area contributed by atoms with Crippen molar-refractivity contribution >= 4 is 5.91 Å². The summed E-state index contributed by atoms with van der Waals surface area (Å²) in [6.45, 7) is 1.86. The van der Waals surface area contributed by atoms with E-state index in [1.54, 1.807) is 0 Å². The van der Waals surface area contributed by atoms with E-state index >= 15 is 0 Å². The molecule has 0 bridgehead atoms. The van der Waals surface area contributed by atoms with E-state index in [2.05, 4.69) is 5.32 Å². The predicted octanol–water partition coefficient (Wildman–Crippen LogP) is 2.20. The summed E-state index contributed by atoms with van der Waals surface area (Å²) in [6.07, 6.45) is 3.21. The highest BCUT2D eigenvalue weighted by molar-refractivity contribution is 5.92. The first-order chi connectivity index (χ1) is 7.19. The van der Waals surface area contributed by atoms with Crippen LogP contribution in [0.15, 0.2) is 11.4 Å². The third-order valence-corrected chi connectivity index (χ3v) is 2.63. The minimum absolute atomic E-state index is 0.227. The van der Waals surface area contributed by atoms with E-state index in [-0.39, 0.29) is 12.5 Å². The Morgan fingerprint density at radius 2 is 2.33 bits per heavy atom. The molecule has 3 nitrogen and oxygen atoms in total. The number of nitriles is 1. The topological polar surface area (TPSA) is 52.9 Å². The van der Waals surface area contributed by atoms with Gasteiger partial charge in [0, 0.05) is 6.04 Å². The zero-order valence-electron chi connectivity index (χ0n) is 8.85. The Morgan fingerprint density at radius 3 is 2.73 bits per heavy atom. The van der Waals surface area contributed by atoms with Crippen LogP contribution in [0.5, 0.6) is 0 Å². The Balaban J connectivity index is 2.50. The van der Waals surface area contributed by atoms with E-state index < -0.39 is 11.7 Å². The molecule has 0 aromatic rings. The molecule has 0 aliphatic heterocycles. The summed E-state index contributed by atoms with van der Waals surface area (Å²) in [6, 6.07) is 1.73. The molecule has 1 N–H and O–H groups in total. The van der Waals surface area contributed by atoms with Crippen LogP contribution in [0, 0.1) is 11.3 Å². The van der Waals surface area contributed by atoms with Crippen LogP contribution in [0.2, 0.25) is 0 Å². The van der Waals surface area contributed by atoms with Gasteiger partial charge in [-0.15, -0.1) is 0 Å². The van der Waals surface area contributed by atoms with Gasteiger partial charge >= 0.3 is 0 Å². The summed E-state index contributed by atoms with van der Waals surface area (Å²) in [5.74, 6) is -1.30. The summed E-state index contributed by atoms with van der Waals surface area (Å²) < 4.78 is 13.4. The average Bonchev–Trinajstić information content (AvgIpc) is 2.14. The minimum Gasteiger partial charge on any atom is -0.346 e. The molecule has 1 atom stereocenters.